The van der Waals surface area contributed by atoms with Crippen molar-refractivity contribution in [1.29, 1.82) is 0 Å². The molecule has 8 heteroatoms. The molecule has 1 aromatic carbocycles. The fourth-order valence-corrected chi connectivity index (χ4v) is 2.57. The van der Waals surface area contributed by atoms with E-state index < -0.39 is 30.5 Å². The van der Waals surface area contributed by atoms with Gasteiger partial charge in [0.1, 0.15) is 6.54 Å². The second-order valence-electron chi connectivity index (χ2n) is 5.78. The number of carbonyl (C=O) groups excluding carboxylic acids is 2. The number of carbonyl (C=O) groups is 2. The SMILES string of the molecule is CO[C@H](C)c1cccc(NC(=O)[C@@H]2CC(=O)N(CC(F)(F)F)C2)c1. The highest BCUT2D eigenvalue weighted by Gasteiger charge is 2.40. The fourth-order valence-electron chi connectivity index (χ4n) is 2.57. The zero-order chi connectivity index (χ0) is 17.9. The molecule has 0 radical (unpaired) electrons. The first-order valence-corrected chi connectivity index (χ1v) is 7.47. The minimum absolute atomic E-state index is 0.155. The summed E-state index contributed by atoms with van der Waals surface area (Å²) in [6.45, 7) is 0.306. The Morgan fingerprint density at radius 1 is 1.46 bits per heavy atom. The normalized spacial score (nSPS) is 19.5. The molecule has 2 rings (SSSR count). The lowest BCUT2D eigenvalue weighted by atomic mass is 10.1. The van der Waals surface area contributed by atoms with Gasteiger partial charge in [-0.15, -0.1) is 0 Å². The molecule has 1 aliphatic heterocycles. The molecule has 0 spiro atoms. The summed E-state index contributed by atoms with van der Waals surface area (Å²) in [6.07, 6.45) is -4.83. The number of rotatable bonds is 5. The Kier molecular flexibility index (Phi) is 5.48. The maximum atomic E-state index is 12.4. The molecular formula is C16H19F3N2O3. The number of ether oxygens (including phenoxy) is 1. The number of hydrogen-bond donors (Lipinski definition) is 1. The highest BCUT2D eigenvalue weighted by molar-refractivity contribution is 5.97. The maximum Gasteiger partial charge on any atom is 0.406 e. The van der Waals surface area contributed by atoms with Crippen molar-refractivity contribution >= 4 is 17.5 Å². The molecule has 1 fully saturated rings. The summed E-state index contributed by atoms with van der Waals surface area (Å²) < 4.78 is 42.4. The smallest absolute Gasteiger partial charge is 0.377 e. The van der Waals surface area contributed by atoms with Crippen LogP contribution in [0.15, 0.2) is 24.3 Å². The van der Waals surface area contributed by atoms with Crippen molar-refractivity contribution < 1.29 is 27.5 Å². The first-order chi connectivity index (χ1) is 11.2. The van der Waals surface area contributed by atoms with Crippen molar-refractivity contribution in [2.75, 3.05) is 25.5 Å². The van der Waals surface area contributed by atoms with E-state index in [4.69, 9.17) is 4.74 Å². The van der Waals surface area contributed by atoms with Crippen LogP contribution >= 0.6 is 0 Å². The Bertz CT molecular complexity index is 619. The molecule has 5 nitrogen and oxygen atoms in total. The first kappa shape index (κ1) is 18.3. The summed E-state index contributed by atoms with van der Waals surface area (Å²) in [7, 11) is 1.56. The van der Waals surface area contributed by atoms with Crippen LogP contribution in [0.25, 0.3) is 0 Å². The number of nitrogens with zero attached hydrogens (tertiary/aromatic N) is 1. The van der Waals surface area contributed by atoms with Gasteiger partial charge in [0.2, 0.25) is 11.8 Å². The van der Waals surface area contributed by atoms with Crippen LogP contribution < -0.4 is 5.32 Å². The third kappa shape index (κ3) is 4.70. The molecule has 1 saturated heterocycles. The van der Waals surface area contributed by atoms with Gasteiger partial charge in [-0.05, 0) is 24.6 Å². The standard InChI is InChI=1S/C16H19F3N2O3/c1-10(24-2)11-4-3-5-13(6-11)20-15(23)12-7-14(22)21(8-12)9-16(17,18)19/h3-6,10,12H,7-9H2,1-2H3,(H,20,23)/t10-,12-/m1/s1. The van der Waals surface area contributed by atoms with Crippen molar-refractivity contribution in [1.82, 2.24) is 4.90 Å². The van der Waals surface area contributed by atoms with Crippen molar-refractivity contribution in [3.8, 4) is 0 Å². The van der Waals surface area contributed by atoms with Gasteiger partial charge >= 0.3 is 6.18 Å². The third-order valence-corrected chi connectivity index (χ3v) is 3.93. The molecule has 132 valence electrons. The molecule has 0 aliphatic carbocycles. The summed E-state index contributed by atoms with van der Waals surface area (Å²) in [5.74, 6) is -1.91. The van der Waals surface area contributed by atoms with Crippen LogP contribution in [0.2, 0.25) is 0 Å². The van der Waals surface area contributed by atoms with E-state index in [2.05, 4.69) is 5.32 Å². The van der Waals surface area contributed by atoms with E-state index in [9.17, 15) is 22.8 Å². The molecule has 0 bridgehead atoms. The number of benzene rings is 1. The highest BCUT2D eigenvalue weighted by atomic mass is 19.4. The summed E-state index contributed by atoms with van der Waals surface area (Å²) in [6, 6.07) is 6.99. The molecule has 2 amide bonds. The fraction of sp³-hybridized carbons (Fsp3) is 0.500. The lowest BCUT2D eigenvalue weighted by Gasteiger charge is -2.18. The molecule has 1 aliphatic rings. The van der Waals surface area contributed by atoms with Crippen LogP contribution in [0, 0.1) is 5.92 Å². The topological polar surface area (TPSA) is 58.6 Å². The van der Waals surface area contributed by atoms with Gasteiger partial charge in [-0.1, -0.05) is 12.1 Å². The summed E-state index contributed by atoms with van der Waals surface area (Å²) in [4.78, 5) is 24.5. The van der Waals surface area contributed by atoms with Gasteiger partial charge in [-0.3, -0.25) is 9.59 Å². The second-order valence-corrected chi connectivity index (χ2v) is 5.78. The lowest BCUT2D eigenvalue weighted by Crippen LogP contribution is -2.36. The van der Waals surface area contributed by atoms with Gasteiger partial charge in [-0.2, -0.15) is 13.2 Å². The van der Waals surface area contributed by atoms with Crippen molar-refractivity contribution in [3.05, 3.63) is 29.8 Å². The van der Waals surface area contributed by atoms with E-state index in [1.54, 1.807) is 25.3 Å². The summed E-state index contributed by atoms with van der Waals surface area (Å²) >= 11 is 0. The number of nitrogens with one attached hydrogen (secondary N) is 1. The van der Waals surface area contributed by atoms with E-state index in [0.29, 0.717) is 10.6 Å². The van der Waals surface area contributed by atoms with Gasteiger partial charge in [0.25, 0.3) is 0 Å². The first-order valence-electron chi connectivity index (χ1n) is 7.47. The van der Waals surface area contributed by atoms with Gasteiger partial charge < -0.3 is 15.0 Å². The van der Waals surface area contributed by atoms with E-state index >= 15 is 0 Å². The van der Waals surface area contributed by atoms with Gasteiger partial charge in [0.05, 0.1) is 12.0 Å². The van der Waals surface area contributed by atoms with Crippen LogP contribution in [-0.2, 0) is 14.3 Å². The van der Waals surface area contributed by atoms with Crippen LogP contribution in [0.3, 0.4) is 0 Å². The number of amides is 2. The zero-order valence-electron chi connectivity index (χ0n) is 13.4. The molecule has 0 unspecified atom stereocenters. The van der Waals surface area contributed by atoms with Gasteiger partial charge in [0, 0.05) is 25.8 Å². The van der Waals surface area contributed by atoms with Crippen molar-refractivity contribution in [2.24, 2.45) is 5.92 Å². The third-order valence-electron chi connectivity index (χ3n) is 3.93. The van der Waals surface area contributed by atoms with E-state index in [1.165, 1.54) is 0 Å². The van der Waals surface area contributed by atoms with E-state index in [0.717, 1.165) is 5.56 Å². The Morgan fingerprint density at radius 2 is 2.17 bits per heavy atom. The Morgan fingerprint density at radius 3 is 2.79 bits per heavy atom. The number of halogens is 3. The number of anilines is 1. The van der Waals surface area contributed by atoms with Crippen LogP contribution in [0.5, 0.6) is 0 Å². The van der Waals surface area contributed by atoms with Gasteiger partial charge in [0.15, 0.2) is 0 Å². The Labute approximate surface area is 137 Å². The van der Waals surface area contributed by atoms with Crippen molar-refractivity contribution in [2.45, 2.75) is 25.6 Å². The molecule has 0 aromatic heterocycles. The minimum Gasteiger partial charge on any atom is -0.377 e. The predicted molar refractivity (Wildman–Crippen MR) is 81.2 cm³/mol. The van der Waals surface area contributed by atoms with Crippen LogP contribution in [-0.4, -0.2) is 43.1 Å². The summed E-state index contributed by atoms with van der Waals surface area (Å²) in [5.41, 5.74) is 1.37. The monoisotopic (exact) mass is 344 g/mol. The number of alkyl halides is 3. The number of methoxy groups -OCH3 is 1. The van der Waals surface area contributed by atoms with Crippen LogP contribution in [0.1, 0.15) is 25.0 Å². The lowest BCUT2D eigenvalue weighted by molar-refractivity contribution is -0.157. The number of hydrogen-bond acceptors (Lipinski definition) is 3. The molecule has 24 heavy (non-hydrogen) atoms. The molecule has 1 heterocycles. The molecule has 2 atom stereocenters. The zero-order valence-corrected chi connectivity index (χ0v) is 13.4. The van der Waals surface area contributed by atoms with Crippen LogP contribution in [0.4, 0.5) is 18.9 Å². The molecule has 1 N–H and O–H groups in total. The maximum absolute atomic E-state index is 12.4. The molecule has 0 saturated carbocycles. The average molecular weight is 344 g/mol. The molecular weight excluding hydrogens is 325 g/mol. The van der Waals surface area contributed by atoms with Gasteiger partial charge in [-0.25, -0.2) is 0 Å². The highest BCUT2D eigenvalue weighted by Crippen LogP contribution is 2.25. The van der Waals surface area contributed by atoms with Crippen molar-refractivity contribution in [3.63, 3.8) is 0 Å². The predicted octanol–water partition coefficient (Wildman–Crippen LogP) is 2.74. The number of likely N-dealkylation sites (tertiary alicyclic amines) is 1. The Balaban J connectivity index is 1.99. The molecule has 1 aromatic rings. The second kappa shape index (κ2) is 7.21. The minimum atomic E-state index is -4.47. The average Bonchev–Trinajstić information content (AvgIpc) is 2.86. The van der Waals surface area contributed by atoms with E-state index in [-0.39, 0.29) is 19.1 Å². The summed E-state index contributed by atoms with van der Waals surface area (Å²) in [5, 5.41) is 2.65. The van der Waals surface area contributed by atoms with E-state index in [1.807, 2.05) is 13.0 Å². The largest absolute Gasteiger partial charge is 0.406 e. The Hall–Kier alpha value is -2.09. The quantitative estimate of drug-likeness (QED) is 0.894.